The fourth-order valence-electron chi connectivity index (χ4n) is 3.55. The molecular weight excluding hydrogens is 358 g/mol. The van der Waals surface area contributed by atoms with Crippen molar-refractivity contribution < 1.29 is 0 Å². The van der Waals surface area contributed by atoms with Crippen molar-refractivity contribution in [3.8, 4) is 0 Å². The number of hydrogen-bond acceptors (Lipinski definition) is 4. The fraction of sp³-hybridized carbons (Fsp3) is 0.120. The van der Waals surface area contributed by atoms with Crippen LogP contribution >= 0.6 is 0 Å². The average molecular weight is 379 g/mol. The zero-order valence-corrected chi connectivity index (χ0v) is 16.0. The van der Waals surface area contributed by atoms with E-state index in [1.807, 2.05) is 60.7 Å². The fourth-order valence-corrected chi connectivity index (χ4v) is 3.55. The van der Waals surface area contributed by atoms with Gasteiger partial charge in [0, 0.05) is 12.4 Å². The van der Waals surface area contributed by atoms with Crippen molar-refractivity contribution in [1.29, 1.82) is 0 Å². The van der Waals surface area contributed by atoms with E-state index in [0.29, 0.717) is 24.2 Å². The van der Waals surface area contributed by atoms with Crippen LogP contribution < -0.4 is 0 Å². The summed E-state index contributed by atoms with van der Waals surface area (Å²) in [6, 6.07) is 27.4. The van der Waals surface area contributed by atoms with Crippen molar-refractivity contribution in [3.63, 3.8) is 0 Å². The number of nitroso groups, excluding NO2 is 1. The van der Waals surface area contributed by atoms with Gasteiger partial charge in [0.2, 0.25) is 0 Å². The molecule has 4 aromatic rings. The third kappa shape index (κ3) is 4.43. The summed E-state index contributed by atoms with van der Waals surface area (Å²) in [5.41, 5.74) is 5.63. The van der Waals surface area contributed by atoms with Crippen molar-refractivity contribution in [2.75, 3.05) is 0 Å². The molecule has 2 heterocycles. The first-order chi connectivity index (χ1) is 14.3. The van der Waals surface area contributed by atoms with Crippen LogP contribution in [-0.2, 0) is 12.8 Å². The van der Waals surface area contributed by atoms with Gasteiger partial charge in [0.1, 0.15) is 0 Å². The Labute approximate surface area is 170 Å². The Morgan fingerprint density at radius 2 is 1.07 bits per heavy atom. The Hall–Kier alpha value is -3.66. The summed E-state index contributed by atoms with van der Waals surface area (Å²) < 4.78 is 0. The first kappa shape index (κ1) is 18.7. The van der Waals surface area contributed by atoms with Crippen LogP contribution in [0.1, 0.15) is 39.7 Å². The molecule has 2 aromatic carbocycles. The molecule has 0 N–H and O–H groups in total. The largest absolute Gasteiger partial charge is 0.258 e. The second kappa shape index (κ2) is 9.02. The van der Waals surface area contributed by atoms with Crippen LogP contribution in [0.5, 0.6) is 0 Å². The number of benzene rings is 2. The molecule has 4 heteroatoms. The Morgan fingerprint density at radius 3 is 1.48 bits per heavy atom. The molecule has 0 aliphatic heterocycles. The third-order valence-corrected chi connectivity index (χ3v) is 4.95. The average Bonchev–Trinajstić information content (AvgIpc) is 2.78. The molecule has 0 aliphatic rings. The molecule has 0 unspecified atom stereocenters. The first-order valence-electron chi connectivity index (χ1n) is 9.63. The molecule has 0 saturated carbocycles. The highest BCUT2D eigenvalue weighted by Gasteiger charge is 2.24. The van der Waals surface area contributed by atoms with Crippen LogP contribution in [0.3, 0.4) is 0 Å². The van der Waals surface area contributed by atoms with Crippen LogP contribution in [-0.4, -0.2) is 9.97 Å². The van der Waals surface area contributed by atoms with E-state index in [-0.39, 0.29) is 0 Å². The quantitative estimate of drug-likeness (QED) is 0.398. The van der Waals surface area contributed by atoms with E-state index in [2.05, 4.69) is 39.4 Å². The summed E-state index contributed by atoms with van der Waals surface area (Å²) in [7, 11) is 0. The topological polar surface area (TPSA) is 55.2 Å². The van der Waals surface area contributed by atoms with E-state index < -0.39 is 6.04 Å². The highest BCUT2D eigenvalue weighted by atomic mass is 16.3. The van der Waals surface area contributed by atoms with Crippen LogP contribution in [0.25, 0.3) is 0 Å². The van der Waals surface area contributed by atoms with Crippen molar-refractivity contribution in [3.05, 3.63) is 136 Å². The van der Waals surface area contributed by atoms with Gasteiger partial charge in [0.05, 0.1) is 11.4 Å². The van der Waals surface area contributed by atoms with Crippen molar-refractivity contribution in [2.45, 2.75) is 18.9 Å². The van der Waals surface area contributed by atoms with Crippen LogP contribution in [0, 0.1) is 4.91 Å². The van der Waals surface area contributed by atoms with Gasteiger partial charge in [-0.15, -0.1) is 4.91 Å². The second-order valence-electron chi connectivity index (χ2n) is 6.93. The van der Waals surface area contributed by atoms with Crippen molar-refractivity contribution >= 4 is 0 Å². The summed E-state index contributed by atoms with van der Waals surface area (Å²) in [5.74, 6) is 0. The maximum absolute atomic E-state index is 12.0. The summed E-state index contributed by atoms with van der Waals surface area (Å²) in [5, 5.41) is 3.46. The lowest BCUT2D eigenvalue weighted by Crippen LogP contribution is -2.10. The summed E-state index contributed by atoms with van der Waals surface area (Å²) in [6.45, 7) is 0. The molecule has 0 atom stereocenters. The lowest BCUT2D eigenvalue weighted by atomic mass is 9.94. The molecular formula is C25H21N3O. The minimum atomic E-state index is -0.741. The molecule has 2 aromatic heterocycles. The molecule has 0 fully saturated rings. The Kier molecular flexibility index (Phi) is 5.81. The number of nitrogens with zero attached hydrogens (tertiary/aromatic N) is 3. The zero-order chi connectivity index (χ0) is 19.9. The van der Waals surface area contributed by atoms with Gasteiger partial charge >= 0.3 is 0 Å². The standard InChI is InChI=1S/C25H21N3O/c29-28-25(23-21(13-7-15-26-23)17-19-9-3-1-4-10-19)24-22(14-8-16-27-24)18-20-11-5-2-6-12-20/h1-16,25H,17-18H2. The van der Waals surface area contributed by atoms with Crippen LogP contribution in [0.2, 0.25) is 0 Å². The minimum absolute atomic E-state index is 0.666. The molecule has 4 rings (SSSR count). The Bertz CT molecular complexity index is 996. The van der Waals surface area contributed by atoms with Gasteiger partial charge in [-0.05, 0) is 47.2 Å². The molecule has 0 bridgehead atoms. The Morgan fingerprint density at radius 1 is 0.621 bits per heavy atom. The maximum atomic E-state index is 12.0. The molecule has 0 saturated heterocycles. The summed E-state index contributed by atoms with van der Waals surface area (Å²) >= 11 is 0. The van der Waals surface area contributed by atoms with E-state index in [9.17, 15) is 4.91 Å². The Balaban J connectivity index is 1.71. The van der Waals surface area contributed by atoms with Gasteiger partial charge in [-0.2, -0.15) is 0 Å². The first-order valence-corrected chi connectivity index (χ1v) is 9.63. The minimum Gasteiger partial charge on any atom is -0.258 e. The highest BCUT2D eigenvalue weighted by molar-refractivity contribution is 5.38. The second-order valence-corrected chi connectivity index (χ2v) is 6.93. The lowest BCUT2D eigenvalue weighted by molar-refractivity contribution is 0.762. The van der Waals surface area contributed by atoms with Gasteiger partial charge in [-0.25, -0.2) is 0 Å². The van der Waals surface area contributed by atoms with Crippen LogP contribution in [0.4, 0.5) is 0 Å². The monoisotopic (exact) mass is 379 g/mol. The van der Waals surface area contributed by atoms with Gasteiger partial charge in [0.25, 0.3) is 0 Å². The van der Waals surface area contributed by atoms with Gasteiger partial charge < -0.3 is 0 Å². The molecule has 29 heavy (non-hydrogen) atoms. The van der Waals surface area contributed by atoms with Crippen LogP contribution in [0.15, 0.2) is 102 Å². The number of hydrogen-bond donors (Lipinski definition) is 0. The lowest BCUT2D eigenvalue weighted by Gasteiger charge is -2.16. The smallest absolute Gasteiger partial charge is 0.176 e. The predicted octanol–water partition coefficient (Wildman–Crippen LogP) is 5.51. The van der Waals surface area contributed by atoms with Gasteiger partial charge in [0.15, 0.2) is 6.04 Å². The number of pyridine rings is 2. The van der Waals surface area contributed by atoms with Gasteiger partial charge in [-0.3, -0.25) is 9.97 Å². The number of aromatic nitrogens is 2. The SMILES string of the molecule is O=NC(c1ncccc1Cc1ccccc1)c1ncccc1Cc1ccccc1. The van der Waals surface area contributed by atoms with Gasteiger partial charge in [-0.1, -0.05) is 78.0 Å². The van der Waals surface area contributed by atoms with Crippen molar-refractivity contribution in [2.24, 2.45) is 5.18 Å². The zero-order valence-electron chi connectivity index (χ0n) is 16.0. The normalized spacial score (nSPS) is 10.8. The predicted molar refractivity (Wildman–Crippen MR) is 115 cm³/mol. The van der Waals surface area contributed by atoms with E-state index in [4.69, 9.17) is 0 Å². The third-order valence-electron chi connectivity index (χ3n) is 4.95. The number of rotatable bonds is 7. The molecule has 0 aliphatic carbocycles. The van der Waals surface area contributed by atoms with E-state index in [1.54, 1.807) is 12.4 Å². The molecule has 142 valence electrons. The molecule has 0 radical (unpaired) electrons. The maximum Gasteiger partial charge on any atom is 0.176 e. The van der Waals surface area contributed by atoms with Crippen molar-refractivity contribution in [1.82, 2.24) is 9.97 Å². The highest BCUT2D eigenvalue weighted by Crippen LogP contribution is 2.30. The summed E-state index contributed by atoms with van der Waals surface area (Å²) in [4.78, 5) is 21.1. The van der Waals surface area contributed by atoms with E-state index >= 15 is 0 Å². The molecule has 4 nitrogen and oxygen atoms in total. The van der Waals surface area contributed by atoms with E-state index in [1.165, 1.54) is 0 Å². The molecule has 0 amide bonds. The molecule has 0 spiro atoms. The summed E-state index contributed by atoms with van der Waals surface area (Å²) in [6.07, 6.45) is 4.80. The van der Waals surface area contributed by atoms with E-state index in [0.717, 1.165) is 22.3 Å².